The Hall–Kier alpha value is 0.810. The molecule has 5 nitrogen and oxygen atoms in total. The van der Waals surface area contributed by atoms with Gasteiger partial charge in [-0.15, -0.1) is 0 Å². The maximum absolute atomic E-state index is 12.7. The Bertz CT molecular complexity index is 536. The summed E-state index contributed by atoms with van der Waals surface area (Å²) in [6.45, 7) is 5.04. The van der Waals surface area contributed by atoms with E-state index in [4.69, 9.17) is 9.47 Å². The summed E-state index contributed by atoms with van der Waals surface area (Å²) in [5.74, 6) is 1.94. The fourth-order valence-electron chi connectivity index (χ4n) is 4.90. The van der Waals surface area contributed by atoms with Crippen LogP contribution in [-0.4, -0.2) is 26.0 Å². The first-order valence-electron chi connectivity index (χ1n) is 7.66. The van der Waals surface area contributed by atoms with Crippen molar-refractivity contribution in [2.75, 3.05) is 6.61 Å². The molecule has 6 unspecified atom stereocenters. The van der Waals surface area contributed by atoms with Crippen molar-refractivity contribution < 1.29 is 14.3 Å². The summed E-state index contributed by atoms with van der Waals surface area (Å²) in [7, 11) is 0. The molecule has 118 valence electrons. The molecule has 3 heterocycles. The molecule has 5 rings (SSSR count). The molecular formula is C14H20I2N2O3. The molecule has 21 heavy (non-hydrogen) atoms. The zero-order valence-corrected chi connectivity index (χ0v) is 16.4. The fourth-order valence-corrected chi connectivity index (χ4v) is 12.7. The zero-order valence-electron chi connectivity index (χ0n) is 12.1. The van der Waals surface area contributed by atoms with Gasteiger partial charge in [-0.05, 0) is 0 Å². The summed E-state index contributed by atoms with van der Waals surface area (Å²) in [4.78, 5) is 12.7. The van der Waals surface area contributed by atoms with Gasteiger partial charge in [0.25, 0.3) is 0 Å². The van der Waals surface area contributed by atoms with E-state index >= 15 is 0 Å². The summed E-state index contributed by atoms with van der Waals surface area (Å²) >= 11 is 1.10. The third kappa shape index (κ3) is 1.60. The molecule has 0 spiro atoms. The molecule has 5 aliphatic rings. The molecule has 2 N–H and O–H groups in total. The van der Waals surface area contributed by atoms with Crippen molar-refractivity contribution in [3.8, 4) is 0 Å². The number of alkyl halides is 2. The van der Waals surface area contributed by atoms with Crippen molar-refractivity contribution in [2.45, 2.75) is 46.5 Å². The van der Waals surface area contributed by atoms with Crippen LogP contribution in [0.5, 0.6) is 0 Å². The van der Waals surface area contributed by atoms with E-state index in [-0.39, 0.29) is 21.3 Å². The van der Waals surface area contributed by atoms with Gasteiger partial charge in [0.2, 0.25) is 0 Å². The average Bonchev–Trinajstić information content (AvgIpc) is 3.14. The molecular weight excluding hydrogens is 498 g/mol. The number of nitrogens with one attached hydrogen (secondary N) is 2. The third-order valence-corrected chi connectivity index (χ3v) is 13.7. The Morgan fingerprint density at radius 1 is 1.48 bits per heavy atom. The van der Waals surface area contributed by atoms with E-state index in [0.29, 0.717) is 11.8 Å². The van der Waals surface area contributed by atoms with Crippen molar-refractivity contribution in [2.24, 2.45) is 23.2 Å². The summed E-state index contributed by atoms with van der Waals surface area (Å²) in [5.41, 5.74) is 0.0508. The van der Waals surface area contributed by atoms with Crippen molar-refractivity contribution in [1.82, 2.24) is 7.06 Å². The van der Waals surface area contributed by atoms with E-state index in [9.17, 15) is 4.79 Å². The molecule has 0 radical (unpaired) electrons. The predicted molar refractivity (Wildman–Crippen MR) is 93.7 cm³/mol. The van der Waals surface area contributed by atoms with Gasteiger partial charge in [0.1, 0.15) is 0 Å². The van der Waals surface area contributed by atoms with Crippen LogP contribution in [0.25, 0.3) is 0 Å². The standard InChI is InChI=1S/C14H20I2N2O3/c1-12-8-4-3-7(5-8)9(12)6-20-11(12)21-10(19)13(2,15)14-16(17-14)18-14/h7-9,11,17-18H,3-6H2,1-2H3. The van der Waals surface area contributed by atoms with Crippen LogP contribution in [0.1, 0.15) is 33.1 Å². The summed E-state index contributed by atoms with van der Waals surface area (Å²) < 4.78 is 18.1. The van der Waals surface area contributed by atoms with Crippen molar-refractivity contribution in [1.29, 1.82) is 0 Å². The van der Waals surface area contributed by atoms with E-state index in [1.54, 1.807) is 0 Å². The Balaban J connectivity index is 1.36. The van der Waals surface area contributed by atoms with Crippen molar-refractivity contribution in [3.05, 3.63) is 0 Å². The first-order valence-corrected chi connectivity index (χ1v) is 12.0. The van der Waals surface area contributed by atoms with E-state index in [1.165, 1.54) is 19.3 Å². The Labute approximate surface area is 145 Å². The molecule has 5 fully saturated rings. The van der Waals surface area contributed by atoms with Crippen LogP contribution >= 0.6 is 43.0 Å². The van der Waals surface area contributed by atoms with Crippen LogP contribution < -0.4 is 7.06 Å². The Morgan fingerprint density at radius 2 is 2.19 bits per heavy atom. The van der Waals surface area contributed by atoms with Gasteiger partial charge in [0, 0.05) is 0 Å². The molecule has 0 aromatic rings. The first kappa shape index (κ1) is 14.2. The van der Waals surface area contributed by atoms with E-state index < -0.39 is 23.8 Å². The van der Waals surface area contributed by atoms with Crippen molar-refractivity contribution >= 4 is 48.9 Å². The number of esters is 1. The number of fused-ring (bicyclic) bond motifs is 6. The first-order chi connectivity index (χ1) is 9.89. The summed E-state index contributed by atoms with van der Waals surface area (Å²) in [5, 5.41) is 0. The number of hydrogen-bond donors (Lipinski definition) is 2. The number of rotatable bonds is 3. The minimum absolute atomic E-state index is 0.0508. The van der Waals surface area contributed by atoms with Gasteiger partial charge < -0.3 is 0 Å². The van der Waals surface area contributed by atoms with Gasteiger partial charge >= 0.3 is 147 Å². The molecule has 7 heteroatoms. The summed E-state index contributed by atoms with van der Waals surface area (Å²) in [6, 6.07) is 0. The van der Waals surface area contributed by atoms with Gasteiger partial charge in [-0.25, -0.2) is 0 Å². The second kappa shape index (κ2) is 4.07. The third-order valence-electron chi connectivity index (χ3n) is 6.56. The van der Waals surface area contributed by atoms with Crippen LogP contribution in [-0.2, 0) is 14.3 Å². The second-order valence-corrected chi connectivity index (χ2v) is 13.9. The normalized spacial score (nSPS) is 52.0. The predicted octanol–water partition coefficient (Wildman–Crippen LogP) is 2.33. The topological polar surface area (TPSA) is 79.4 Å². The van der Waals surface area contributed by atoms with Gasteiger partial charge in [-0.2, -0.15) is 0 Å². The van der Waals surface area contributed by atoms with Crippen LogP contribution in [0, 0.1) is 23.2 Å². The van der Waals surface area contributed by atoms with E-state index in [1.807, 2.05) is 6.92 Å². The van der Waals surface area contributed by atoms with Crippen LogP contribution in [0.2, 0.25) is 0 Å². The molecule has 0 aromatic carbocycles. The number of ether oxygens (including phenoxy) is 2. The molecule has 2 bridgehead atoms. The Kier molecular flexibility index (Phi) is 2.75. The SMILES string of the molecule is CC12C3CCC(C3)C1COC2OC(=O)C(C)(I)C12NI1N2. The number of carbonyl (C=O) groups excluding carboxylic acids is 1. The quantitative estimate of drug-likeness (QED) is 0.150. The zero-order chi connectivity index (χ0) is 14.6. The van der Waals surface area contributed by atoms with E-state index in [2.05, 4.69) is 36.6 Å². The van der Waals surface area contributed by atoms with Crippen molar-refractivity contribution in [3.63, 3.8) is 0 Å². The average molecular weight is 518 g/mol. The minimum atomic E-state index is -1.15. The Morgan fingerprint density at radius 3 is 2.86 bits per heavy atom. The van der Waals surface area contributed by atoms with Gasteiger partial charge in [-0.1, -0.05) is 0 Å². The van der Waals surface area contributed by atoms with E-state index in [0.717, 1.165) is 12.5 Å². The molecule has 3 aliphatic heterocycles. The van der Waals surface area contributed by atoms with Crippen LogP contribution in [0.4, 0.5) is 0 Å². The molecule has 6 atom stereocenters. The number of hydrogen-bond acceptors (Lipinski definition) is 5. The monoisotopic (exact) mass is 518 g/mol. The molecule has 0 aromatic heterocycles. The molecule has 3 saturated heterocycles. The summed E-state index contributed by atoms with van der Waals surface area (Å²) in [6.07, 6.45) is 3.59. The molecule has 2 saturated carbocycles. The number of carbonyl (C=O) groups is 1. The molecule has 0 amide bonds. The van der Waals surface area contributed by atoms with Gasteiger partial charge in [-0.3, -0.25) is 0 Å². The van der Waals surface area contributed by atoms with Gasteiger partial charge in [0.05, 0.1) is 0 Å². The van der Waals surface area contributed by atoms with Gasteiger partial charge in [0.15, 0.2) is 0 Å². The van der Waals surface area contributed by atoms with Crippen LogP contribution in [0.3, 0.4) is 0 Å². The second-order valence-electron chi connectivity index (χ2n) is 7.45. The fraction of sp³-hybridized carbons (Fsp3) is 0.929. The maximum atomic E-state index is 12.7. The molecule has 2 aliphatic carbocycles. The number of halogens is 2. The van der Waals surface area contributed by atoms with Crippen LogP contribution in [0.15, 0.2) is 0 Å².